The quantitative estimate of drug-likeness (QED) is 0.611. The van der Waals surface area contributed by atoms with Crippen LogP contribution in [-0.4, -0.2) is 53.8 Å². The summed E-state index contributed by atoms with van der Waals surface area (Å²) >= 11 is 0. The summed E-state index contributed by atoms with van der Waals surface area (Å²) in [5.74, 6) is -0.667. The van der Waals surface area contributed by atoms with E-state index < -0.39 is 6.04 Å². The van der Waals surface area contributed by atoms with Crippen LogP contribution in [0.4, 0.5) is 0 Å². The summed E-state index contributed by atoms with van der Waals surface area (Å²) in [7, 11) is 1.56. The van der Waals surface area contributed by atoms with Crippen LogP contribution in [0.5, 0.6) is 0 Å². The van der Waals surface area contributed by atoms with Gasteiger partial charge in [0.2, 0.25) is 17.7 Å². The number of carbonyl (C=O) groups is 3. The molecule has 2 N–H and O–H groups in total. The van der Waals surface area contributed by atoms with Gasteiger partial charge in [-0.3, -0.25) is 19.4 Å². The van der Waals surface area contributed by atoms with Gasteiger partial charge in [0, 0.05) is 24.7 Å². The standard InChI is InChI=1S/C26H28N4O3/c1-17-20(15-23(31)28-16-24(32)30-14-8-13-22(30)26(33)27-2)25(18-9-4-3-5-10-18)19-11-6-7-12-21(19)29-17/h3-7,9-12,22H,8,13-16H2,1-2H3,(H,27,33)(H,28,31). The highest BCUT2D eigenvalue weighted by Gasteiger charge is 2.33. The maximum absolute atomic E-state index is 12.9. The number of para-hydroxylation sites is 1. The lowest BCUT2D eigenvalue weighted by atomic mass is 9.92. The van der Waals surface area contributed by atoms with Gasteiger partial charge in [0.1, 0.15) is 6.04 Å². The normalized spacial score (nSPS) is 15.5. The Morgan fingerprint density at radius 2 is 1.79 bits per heavy atom. The minimum Gasteiger partial charge on any atom is -0.357 e. The molecule has 33 heavy (non-hydrogen) atoms. The van der Waals surface area contributed by atoms with Gasteiger partial charge in [-0.25, -0.2) is 0 Å². The van der Waals surface area contributed by atoms with Gasteiger partial charge < -0.3 is 15.5 Å². The molecule has 3 amide bonds. The van der Waals surface area contributed by atoms with Crippen LogP contribution < -0.4 is 10.6 Å². The molecule has 1 aliphatic rings. The molecule has 1 unspecified atom stereocenters. The molecule has 0 spiro atoms. The largest absolute Gasteiger partial charge is 0.357 e. The summed E-state index contributed by atoms with van der Waals surface area (Å²) in [6, 6.07) is 17.4. The maximum Gasteiger partial charge on any atom is 0.242 e. The fourth-order valence-corrected chi connectivity index (χ4v) is 4.53. The van der Waals surface area contributed by atoms with Gasteiger partial charge in [-0.05, 0) is 42.5 Å². The number of aromatic nitrogens is 1. The molecule has 170 valence electrons. The van der Waals surface area contributed by atoms with Crippen molar-refractivity contribution in [3.05, 3.63) is 65.9 Å². The summed E-state index contributed by atoms with van der Waals surface area (Å²) in [6.45, 7) is 2.30. The number of amides is 3. The Bertz CT molecular complexity index is 1190. The number of likely N-dealkylation sites (tertiary alicyclic amines) is 1. The van der Waals surface area contributed by atoms with E-state index in [0.717, 1.165) is 39.7 Å². The van der Waals surface area contributed by atoms with Crippen molar-refractivity contribution in [2.24, 2.45) is 0 Å². The minimum absolute atomic E-state index is 0.111. The van der Waals surface area contributed by atoms with Gasteiger partial charge in [0.05, 0.1) is 18.5 Å². The van der Waals surface area contributed by atoms with Crippen LogP contribution >= 0.6 is 0 Å². The van der Waals surface area contributed by atoms with Crippen molar-refractivity contribution in [1.82, 2.24) is 20.5 Å². The SMILES string of the molecule is CNC(=O)C1CCCN1C(=O)CNC(=O)Cc1c(C)nc2ccccc2c1-c1ccccc1. The third kappa shape index (κ3) is 4.72. The molecule has 2 aromatic carbocycles. The molecule has 1 aliphatic heterocycles. The first-order chi connectivity index (χ1) is 16.0. The Morgan fingerprint density at radius 3 is 2.55 bits per heavy atom. The molecule has 7 nitrogen and oxygen atoms in total. The average molecular weight is 445 g/mol. The van der Waals surface area contributed by atoms with Crippen molar-refractivity contribution in [3.8, 4) is 11.1 Å². The second-order valence-electron chi connectivity index (χ2n) is 8.25. The number of likely N-dealkylation sites (N-methyl/N-ethyl adjacent to an activating group) is 1. The monoisotopic (exact) mass is 444 g/mol. The van der Waals surface area contributed by atoms with E-state index in [1.807, 2.05) is 61.5 Å². The van der Waals surface area contributed by atoms with Crippen molar-refractivity contribution >= 4 is 28.6 Å². The molecule has 0 saturated carbocycles. The zero-order valence-electron chi connectivity index (χ0n) is 18.9. The van der Waals surface area contributed by atoms with Crippen molar-refractivity contribution in [1.29, 1.82) is 0 Å². The maximum atomic E-state index is 12.9. The molecule has 0 aliphatic carbocycles. The summed E-state index contributed by atoms with van der Waals surface area (Å²) in [6.07, 6.45) is 1.53. The molecular formula is C26H28N4O3. The smallest absolute Gasteiger partial charge is 0.242 e. The third-order valence-electron chi connectivity index (χ3n) is 6.16. The molecule has 1 fully saturated rings. The van der Waals surface area contributed by atoms with Gasteiger partial charge in [-0.1, -0.05) is 48.5 Å². The van der Waals surface area contributed by atoms with Gasteiger partial charge in [0.25, 0.3) is 0 Å². The van der Waals surface area contributed by atoms with Crippen molar-refractivity contribution in [3.63, 3.8) is 0 Å². The Kier molecular flexibility index (Phi) is 6.68. The summed E-state index contributed by atoms with van der Waals surface area (Å²) in [4.78, 5) is 43.9. The number of nitrogens with zero attached hydrogens (tertiary/aromatic N) is 2. The summed E-state index contributed by atoms with van der Waals surface area (Å²) in [5, 5.41) is 6.34. The summed E-state index contributed by atoms with van der Waals surface area (Å²) < 4.78 is 0. The topological polar surface area (TPSA) is 91.4 Å². The lowest BCUT2D eigenvalue weighted by molar-refractivity contribution is -0.138. The third-order valence-corrected chi connectivity index (χ3v) is 6.16. The number of aryl methyl sites for hydroxylation is 1. The first-order valence-corrected chi connectivity index (χ1v) is 11.2. The zero-order valence-corrected chi connectivity index (χ0v) is 18.9. The van der Waals surface area contributed by atoms with Crippen LogP contribution in [0.15, 0.2) is 54.6 Å². The fraction of sp³-hybridized carbons (Fsp3) is 0.308. The van der Waals surface area contributed by atoms with Gasteiger partial charge >= 0.3 is 0 Å². The summed E-state index contributed by atoms with van der Waals surface area (Å²) in [5.41, 5.74) is 4.51. The Morgan fingerprint density at radius 1 is 1.06 bits per heavy atom. The lowest BCUT2D eigenvalue weighted by Crippen LogP contribution is -2.48. The minimum atomic E-state index is -0.462. The van der Waals surface area contributed by atoms with E-state index in [4.69, 9.17) is 4.98 Å². The molecule has 1 aromatic heterocycles. The number of hydrogen-bond donors (Lipinski definition) is 2. The van der Waals surface area contributed by atoms with E-state index in [-0.39, 0.29) is 30.7 Å². The van der Waals surface area contributed by atoms with Crippen LogP contribution in [-0.2, 0) is 20.8 Å². The van der Waals surface area contributed by atoms with Crippen LogP contribution in [0.2, 0.25) is 0 Å². The average Bonchev–Trinajstić information content (AvgIpc) is 3.33. The van der Waals surface area contributed by atoms with E-state index >= 15 is 0 Å². The molecular weight excluding hydrogens is 416 g/mol. The Hall–Kier alpha value is -3.74. The van der Waals surface area contributed by atoms with Gasteiger partial charge in [-0.15, -0.1) is 0 Å². The Labute approximate surface area is 193 Å². The van der Waals surface area contributed by atoms with E-state index in [2.05, 4.69) is 10.6 Å². The number of rotatable bonds is 6. The zero-order chi connectivity index (χ0) is 23.4. The van der Waals surface area contributed by atoms with Crippen molar-refractivity contribution in [2.45, 2.75) is 32.2 Å². The number of benzene rings is 2. The van der Waals surface area contributed by atoms with E-state index in [1.54, 1.807) is 11.9 Å². The molecule has 1 atom stereocenters. The predicted octanol–water partition coefficient (Wildman–Crippen LogP) is 2.61. The number of hydrogen-bond acceptors (Lipinski definition) is 4. The van der Waals surface area contributed by atoms with Crippen LogP contribution in [0.25, 0.3) is 22.0 Å². The van der Waals surface area contributed by atoms with Crippen molar-refractivity contribution in [2.75, 3.05) is 20.1 Å². The number of fused-ring (bicyclic) bond motifs is 1. The molecule has 4 rings (SSSR count). The Balaban J connectivity index is 1.54. The predicted molar refractivity (Wildman–Crippen MR) is 127 cm³/mol. The number of pyridine rings is 1. The number of carbonyl (C=O) groups excluding carboxylic acids is 3. The highest BCUT2D eigenvalue weighted by molar-refractivity contribution is 5.98. The molecule has 2 heterocycles. The van der Waals surface area contributed by atoms with E-state index in [9.17, 15) is 14.4 Å². The second-order valence-corrected chi connectivity index (χ2v) is 8.25. The molecule has 0 bridgehead atoms. The first kappa shape index (κ1) is 22.5. The first-order valence-electron chi connectivity index (χ1n) is 11.2. The second kappa shape index (κ2) is 9.81. The highest BCUT2D eigenvalue weighted by atomic mass is 16.2. The van der Waals surface area contributed by atoms with Crippen LogP contribution in [0.3, 0.4) is 0 Å². The molecule has 1 saturated heterocycles. The van der Waals surface area contributed by atoms with Crippen LogP contribution in [0, 0.1) is 6.92 Å². The lowest BCUT2D eigenvalue weighted by Gasteiger charge is -2.23. The van der Waals surface area contributed by atoms with E-state index in [0.29, 0.717) is 13.0 Å². The highest BCUT2D eigenvalue weighted by Crippen LogP contribution is 2.33. The van der Waals surface area contributed by atoms with Gasteiger partial charge in [-0.2, -0.15) is 0 Å². The molecule has 3 aromatic rings. The fourth-order valence-electron chi connectivity index (χ4n) is 4.53. The molecule has 7 heteroatoms. The van der Waals surface area contributed by atoms with Gasteiger partial charge in [0.15, 0.2) is 0 Å². The number of nitrogens with one attached hydrogen (secondary N) is 2. The van der Waals surface area contributed by atoms with Crippen molar-refractivity contribution < 1.29 is 14.4 Å². The van der Waals surface area contributed by atoms with E-state index in [1.165, 1.54) is 0 Å². The molecule has 0 radical (unpaired) electrons. The van der Waals surface area contributed by atoms with Crippen LogP contribution in [0.1, 0.15) is 24.1 Å².